The third-order valence-corrected chi connectivity index (χ3v) is 2.25. The number of hydrogen-bond donors (Lipinski definition) is 1. The first-order valence-electron chi connectivity index (χ1n) is 5.58. The Labute approximate surface area is 96.8 Å². The van der Waals surface area contributed by atoms with Gasteiger partial charge in [-0.15, -0.1) is 0 Å². The first-order chi connectivity index (χ1) is 7.74. The summed E-state index contributed by atoms with van der Waals surface area (Å²) >= 11 is 0. The number of methoxy groups -OCH3 is 1. The molecule has 1 heterocycles. The van der Waals surface area contributed by atoms with Crippen molar-refractivity contribution in [1.29, 1.82) is 0 Å². The van der Waals surface area contributed by atoms with Crippen molar-refractivity contribution < 1.29 is 4.74 Å². The number of hydrogen-bond acceptors (Lipinski definition) is 5. The zero-order valence-corrected chi connectivity index (χ0v) is 10.4. The second-order valence-corrected chi connectivity index (χ2v) is 3.53. The predicted molar refractivity (Wildman–Crippen MR) is 66.3 cm³/mol. The summed E-state index contributed by atoms with van der Waals surface area (Å²) in [5, 5.41) is 3.16. The molecule has 90 valence electrons. The lowest BCUT2D eigenvalue weighted by Crippen LogP contribution is -2.20. The van der Waals surface area contributed by atoms with Crippen LogP contribution in [-0.2, 0) is 0 Å². The fourth-order valence-electron chi connectivity index (χ4n) is 1.56. The fourth-order valence-corrected chi connectivity index (χ4v) is 1.56. The van der Waals surface area contributed by atoms with Gasteiger partial charge in [0.05, 0.1) is 7.11 Å². The molecule has 0 fully saturated rings. The van der Waals surface area contributed by atoms with Gasteiger partial charge in [-0.1, -0.05) is 6.92 Å². The van der Waals surface area contributed by atoms with E-state index in [9.17, 15) is 0 Å². The van der Waals surface area contributed by atoms with Gasteiger partial charge in [0.2, 0.25) is 5.75 Å². The molecule has 0 radical (unpaired) electrons. The first-order valence-corrected chi connectivity index (χ1v) is 5.58. The van der Waals surface area contributed by atoms with E-state index in [0.29, 0.717) is 5.75 Å². The highest BCUT2D eigenvalue weighted by Gasteiger charge is 2.14. The molecule has 0 amide bonds. The summed E-state index contributed by atoms with van der Waals surface area (Å²) < 4.78 is 5.37. The minimum absolute atomic E-state index is 0.709. The molecule has 5 heteroatoms. The second kappa shape index (κ2) is 6.15. The lowest BCUT2D eigenvalue weighted by Gasteiger charge is -2.20. The largest absolute Gasteiger partial charge is 0.490 e. The molecule has 0 bridgehead atoms. The van der Waals surface area contributed by atoms with Gasteiger partial charge in [-0.3, -0.25) is 0 Å². The maximum absolute atomic E-state index is 5.37. The number of nitrogens with one attached hydrogen (secondary N) is 1. The van der Waals surface area contributed by atoms with E-state index in [1.165, 1.54) is 0 Å². The Bertz CT molecular complexity index is 330. The standard InChI is InChI=1S/C11H20N4O/c1-5-7-15(3)11-9(16-4)10(12-6-2)13-8-14-11/h8H,5-7H2,1-4H3,(H,12,13,14). The van der Waals surface area contributed by atoms with Crippen LogP contribution in [0.2, 0.25) is 0 Å². The Balaban J connectivity index is 3.02. The second-order valence-electron chi connectivity index (χ2n) is 3.53. The van der Waals surface area contributed by atoms with Crippen LogP contribution in [0.25, 0.3) is 0 Å². The van der Waals surface area contributed by atoms with Crippen molar-refractivity contribution in [2.24, 2.45) is 0 Å². The van der Waals surface area contributed by atoms with Crippen molar-refractivity contribution in [3.8, 4) is 5.75 Å². The van der Waals surface area contributed by atoms with Gasteiger partial charge >= 0.3 is 0 Å². The van der Waals surface area contributed by atoms with Crippen LogP contribution in [0.3, 0.4) is 0 Å². The van der Waals surface area contributed by atoms with Crippen LogP contribution in [0, 0.1) is 0 Å². The summed E-state index contributed by atoms with van der Waals surface area (Å²) in [6, 6.07) is 0. The molecule has 0 aliphatic carbocycles. The fraction of sp³-hybridized carbons (Fsp3) is 0.636. The Hall–Kier alpha value is -1.52. The van der Waals surface area contributed by atoms with Crippen LogP contribution in [-0.4, -0.2) is 37.2 Å². The summed E-state index contributed by atoms with van der Waals surface area (Å²) in [4.78, 5) is 10.5. The highest BCUT2D eigenvalue weighted by Crippen LogP contribution is 2.30. The van der Waals surface area contributed by atoms with Crippen LogP contribution < -0.4 is 15.0 Å². The average Bonchev–Trinajstić information content (AvgIpc) is 2.29. The van der Waals surface area contributed by atoms with Crippen LogP contribution in [0.5, 0.6) is 5.75 Å². The van der Waals surface area contributed by atoms with Gasteiger partial charge in [-0.05, 0) is 13.3 Å². The van der Waals surface area contributed by atoms with E-state index >= 15 is 0 Å². The highest BCUT2D eigenvalue weighted by molar-refractivity contribution is 5.64. The van der Waals surface area contributed by atoms with Crippen molar-refractivity contribution in [3.05, 3.63) is 6.33 Å². The van der Waals surface area contributed by atoms with Gasteiger partial charge in [0.25, 0.3) is 0 Å². The van der Waals surface area contributed by atoms with E-state index in [4.69, 9.17) is 4.74 Å². The molecule has 1 N–H and O–H groups in total. The molecule has 0 aromatic carbocycles. The molecule has 0 saturated carbocycles. The molecule has 1 rings (SSSR count). The van der Waals surface area contributed by atoms with E-state index < -0.39 is 0 Å². The van der Waals surface area contributed by atoms with Crippen molar-refractivity contribution in [2.45, 2.75) is 20.3 Å². The molecule has 0 aliphatic rings. The zero-order chi connectivity index (χ0) is 12.0. The van der Waals surface area contributed by atoms with Crippen molar-refractivity contribution >= 4 is 11.6 Å². The molecule has 5 nitrogen and oxygen atoms in total. The number of ether oxygens (including phenoxy) is 1. The lowest BCUT2D eigenvalue weighted by molar-refractivity contribution is 0.412. The van der Waals surface area contributed by atoms with Gasteiger partial charge in [0.15, 0.2) is 11.6 Å². The lowest BCUT2D eigenvalue weighted by atomic mass is 10.4. The molecule has 1 aromatic rings. The SMILES string of the molecule is CCCN(C)c1ncnc(NCC)c1OC. The minimum Gasteiger partial charge on any atom is -0.490 e. The van der Waals surface area contributed by atoms with Crippen LogP contribution in [0.15, 0.2) is 6.33 Å². The van der Waals surface area contributed by atoms with Gasteiger partial charge in [-0.2, -0.15) is 0 Å². The monoisotopic (exact) mass is 224 g/mol. The molecule has 0 atom stereocenters. The van der Waals surface area contributed by atoms with Gasteiger partial charge in [-0.25, -0.2) is 9.97 Å². The van der Waals surface area contributed by atoms with Crippen molar-refractivity contribution in [1.82, 2.24) is 9.97 Å². The third kappa shape index (κ3) is 2.74. The quantitative estimate of drug-likeness (QED) is 0.798. The summed E-state index contributed by atoms with van der Waals surface area (Å²) in [5.41, 5.74) is 0. The van der Waals surface area contributed by atoms with Crippen molar-refractivity contribution in [2.75, 3.05) is 37.5 Å². The zero-order valence-electron chi connectivity index (χ0n) is 10.4. The molecular formula is C11H20N4O. The molecular weight excluding hydrogens is 204 g/mol. The van der Waals surface area contributed by atoms with Gasteiger partial charge in [0.1, 0.15) is 6.33 Å². The van der Waals surface area contributed by atoms with E-state index in [-0.39, 0.29) is 0 Å². The number of rotatable bonds is 6. The Morgan fingerprint density at radius 1 is 1.38 bits per heavy atom. The van der Waals surface area contributed by atoms with Gasteiger partial charge in [0, 0.05) is 20.1 Å². The Kier molecular flexibility index (Phi) is 4.82. The average molecular weight is 224 g/mol. The summed E-state index contributed by atoms with van der Waals surface area (Å²) in [7, 11) is 3.65. The third-order valence-electron chi connectivity index (χ3n) is 2.25. The normalized spacial score (nSPS) is 10.0. The number of aromatic nitrogens is 2. The molecule has 0 spiro atoms. The Morgan fingerprint density at radius 2 is 2.12 bits per heavy atom. The van der Waals surface area contributed by atoms with E-state index in [1.807, 2.05) is 14.0 Å². The Morgan fingerprint density at radius 3 is 2.69 bits per heavy atom. The number of nitrogens with zero attached hydrogens (tertiary/aromatic N) is 3. The summed E-state index contributed by atoms with van der Waals surface area (Å²) in [6.45, 7) is 5.91. The summed E-state index contributed by atoms with van der Waals surface area (Å²) in [6.07, 6.45) is 2.63. The topological polar surface area (TPSA) is 50.3 Å². The molecule has 0 unspecified atom stereocenters. The minimum atomic E-state index is 0.709. The van der Waals surface area contributed by atoms with Crippen LogP contribution in [0.1, 0.15) is 20.3 Å². The maximum Gasteiger partial charge on any atom is 0.204 e. The molecule has 16 heavy (non-hydrogen) atoms. The van der Waals surface area contributed by atoms with E-state index in [0.717, 1.165) is 31.1 Å². The smallest absolute Gasteiger partial charge is 0.204 e. The highest BCUT2D eigenvalue weighted by atomic mass is 16.5. The van der Waals surface area contributed by atoms with Crippen LogP contribution >= 0.6 is 0 Å². The molecule has 1 aromatic heterocycles. The van der Waals surface area contributed by atoms with Crippen LogP contribution in [0.4, 0.5) is 11.6 Å². The molecule has 0 saturated heterocycles. The molecule has 0 aliphatic heterocycles. The predicted octanol–water partition coefficient (Wildman–Crippen LogP) is 1.76. The first kappa shape index (κ1) is 12.5. The van der Waals surface area contributed by atoms with Crippen molar-refractivity contribution in [3.63, 3.8) is 0 Å². The maximum atomic E-state index is 5.37. The van der Waals surface area contributed by atoms with E-state index in [1.54, 1.807) is 13.4 Å². The number of anilines is 2. The van der Waals surface area contributed by atoms with E-state index in [2.05, 4.69) is 27.1 Å². The summed E-state index contributed by atoms with van der Waals surface area (Å²) in [5.74, 6) is 2.29. The van der Waals surface area contributed by atoms with Gasteiger partial charge < -0.3 is 15.0 Å².